The maximum absolute atomic E-state index is 12.6. The van der Waals surface area contributed by atoms with E-state index in [2.05, 4.69) is 34.1 Å². The van der Waals surface area contributed by atoms with Crippen LogP contribution in [-0.4, -0.2) is 48.4 Å². The molecule has 0 bridgehead atoms. The maximum atomic E-state index is 12.6. The van der Waals surface area contributed by atoms with Gasteiger partial charge >= 0.3 is 0 Å². The molecular formula is C23H29N3O. The number of amides is 1. The highest BCUT2D eigenvalue weighted by Crippen LogP contribution is 2.32. The standard InChI is InChI=1S/C23H29N3O/c24-22(19-9-5-2-6-10-19)11-12-25-14-20-16-26(17-21(20)15-25)23(27)13-18-7-3-1-4-8-18/h1-10,20-22H,11-17,24H2/t20?,21?,22-/m0/s1. The largest absolute Gasteiger partial charge is 0.342 e. The van der Waals surface area contributed by atoms with Crippen LogP contribution in [0.2, 0.25) is 0 Å². The third kappa shape index (κ3) is 4.40. The van der Waals surface area contributed by atoms with Crippen LogP contribution in [0.15, 0.2) is 60.7 Å². The highest BCUT2D eigenvalue weighted by molar-refractivity contribution is 5.79. The molecule has 2 saturated heterocycles. The second kappa shape index (κ2) is 8.24. The maximum Gasteiger partial charge on any atom is 0.227 e. The number of carbonyl (C=O) groups is 1. The molecule has 1 amide bonds. The molecule has 3 atom stereocenters. The molecule has 0 spiro atoms. The SMILES string of the molecule is N[C@@H](CCN1CC2CN(C(=O)Cc3ccccc3)CC2C1)c1ccccc1. The van der Waals surface area contributed by atoms with E-state index >= 15 is 0 Å². The van der Waals surface area contributed by atoms with Gasteiger partial charge in [-0.2, -0.15) is 0 Å². The van der Waals surface area contributed by atoms with Crippen LogP contribution in [-0.2, 0) is 11.2 Å². The van der Waals surface area contributed by atoms with E-state index in [0.717, 1.165) is 44.7 Å². The lowest BCUT2D eigenvalue weighted by molar-refractivity contribution is -0.129. The van der Waals surface area contributed by atoms with Crippen molar-refractivity contribution in [3.05, 3.63) is 71.8 Å². The van der Waals surface area contributed by atoms with Crippen LogP contribution in [0.5, 0.6) is 0 Å². The number of fused-ring (bicyclic) bond motifs is 1. The van der Waals surface area contributed by atoms with Crippen molar-refractivity contribution in [1.29, 1.82) is 0 Å². The summed E-state index contributed by atoms with van der Waals surface area (Å²) in [7, 11) is 0. The summed E-state index contributed by atoms with van der Waals surface area (Å²) in [5.74, 6) is 1.52. The van der Waals surface area contributed by atoms with Crippen LogP contribution in [0.25, 0.3) is 0 Å². The lowest BCUT2D eigenvalue weighted by atomic mass is 10.0. The molecule has 0 radical (unpaired) electrons. The first-order valence-corrected chi connectivity index (χ1v) is 10.0. The van der Waals surface area contributed by atoms with Crippen molar-refractivity contribution in [3.63, 3.8) is 0 Å². The lowest BCUT2D eigenvalue weighted by Crippen LogP contribution is -2.34. The molecule has 4 nitrogen and oxygen atoms in total. The molecule has 2 fully saturated rings. The predicted molar refractivity (Wildman–Crippen MR) is 108 cm³/mol. The van der Waals surface area contributed by atoms with Gasteiger partial charge in [-0.3, -0.25) is 4.79 Å². The van der Waals surface area contributed by atoms with Gasteiger partial charge < -0.3 is 15.5 Å². The first-order valence-electron chi connectivity index (χ1n) is 10.0. The van der Waals surface area contributed by atoms with Crippen LogP contribution >= 0.6 is 0 Å². The number of hydrogen-bond acceptors (Lipinski definition) is 3. The average molecular weight is 364 g/mol. The molecular weight excluding hydrogens is 334 g/mol. The van der Waals surface area contributed by atoms with Crippen LogP contribution in [0.4, 0.5) is 0 Å². The van der Waals surface area contributed by atoms with Gasteiger partial charge in [0.1, 0.15) is 0 Å². The molecule has 2 aromatic carbocycles. The summed E-state index contributed by atoms with van der Waals surface area (Å²) < 4.78 is 0. The minimum atomic E-state index is 0.107. The molecule has 2 aromatic rings. The zero-order valence-electron chi connectivity index (χ0n) is 15.8. The van der Waals surface area contributed by atoms with Crippen LogP contribution in [0, 0.1) is 11.8 Å². The van der Waals surface area contributed by atoms with Gasteiger partial charge in [-0.15, -0.1) is 0 Å². The first-order chi connectivity index (χ1) is 13.2. The Morgan fingerprint density at radius 3 is 2.15 bits per heavy atom. The molecule has 2 unspecified atom stereocenters. The molecule has 4 heteroatoms. The zero-order chi connectivity index (χ0) is 18.6. The smallest absolute Gasteiger partial charge is 0.227 e. The van der Waals surface area contributed by atoms with E-state index in [1.165, 1.54) is 5.56 Å². The second-order valence-electron chi connectivity index (χ2n) is 8.05. The third-order valence-electron chi connectivity index (χ3n) is 6.10. The van der Waals surface area contributed by atoms with Gasteiger partial charge in [0, 0.05) is 32.2 Å². The van der Waals surface area contributed by atoms with Gasteiger partial charge in [0.25, 0.3) is 0 Å². The van der Waals surface area contributed by atoms with Crippen molar-refractivity contribution >= 4 is 5.91 Å². The minimum Gasteiger partial charge on any atom is -0.342 e. The molecule has 2 N–H and O–H groups in total. The van der Waals surface area contributed by atoms with E-state index in [-0.39, 0.29) is 11.9 Å². The predicted octanol–water partition coefficient (Wildman–Crippen LogP) is 2.71. The van der Waals surface area contributed by atoms with Crippen LogP contribution in [0.3, 0.4) is 0 Å². The van der Waals surface area contributed by atoms with Crippen LogP contribution in [0.1, 0.15) is 23.6 Å². The summed E-state index contributed by atoms with van der Waals surface area (Å²) >= 11 is 0. The van der Waals surface area contributed by atoms with Crippen molar-refractivity contribution in [3.8, 4) is 0 Å². The summed E-state index contributed by atoms with van der Waals surface area (Å²) in [6, 6.07) is 20.5. The fraction of sp³-hybridized carbons (Fsp3) is 0.435. The highest BCUT2D eigenvalue weighted by atomic mass is 16.2. The van der Waals surface area contributed by atoms with Crippen molar-refractivity contribution in [2.45, 2.75) is 18.9 Å². The number of rotatable bonds is 6. The Balaban J connectivity index is 1.23. The van der Waals surface area contributed by atoms with E-state index in [1.807, 2.05) is 36.4 Å². The fourth-order valence-electron chi connectivity index (χ4n) is 4.55. The third-order valence-corrected chi connectivity index (χ3v) is 6.10. The normalized spacial score (nSPS) is 23.4. The van der Waals surface area contributed by atoms with Gasteiger partial charge in [-0.25, -0.2) is 0 Å². The summed E-state index contributed by atoms with van der Waals surface area (Å²) in [6.07, 6.45) is 1.51. The Morgan fingerprint density at radius 1 is 0.926 bits per heavy atom. The number of nitrogens with two attached hydrogens (primary N) is 1. The van der Waals surface area contributed by atoms with E-state index in [4.69, 9.17) is 5.73 Å². The molecule has 4 rings (SSSR count). The average Bonchev–Trinajstić information content (AvgIpc) is 3.26. The van der Waals surface area contributed by atoms with E-state index in [1.54, 1.807) is 0 Å². The number of nitrogens with zero attached hydrogens (tertiary/aromatic N) is 2. The number of carbonyl (C=O) groups excluding carboxylic acids is 1. The molecule has 2 heterocycles. The quantitative estimate of drug-likeness (QED) is 0.858. The van der Waals surface area contributed by atoms with Crippen LogP contribution < -0.4 is 5.73 Å². The van der Waals surface area contributed by atoms with Crippen molar-refractivity contribution in [2.75, 3.05) is 32.7 Å². The molecule has 2 aliphatic heterocycles. The van der Waals surface area contributed by atoms with Gasteiger partial charge in [-0.05, 0) is 35.9 Å². The van der Waals surface area contributed by atoms with Crippen molar-refractivity contribution in [2.24, 2.45) is 17.6 Å². The topological polar surface area (TPSA) is 49.6 Å². The molecule has 27 heavy (non-hydrogen) atoms. The Bertz CT molecular complexity index is 735. The summed E-state index contributed by atoms with van der Waals surface area (Å²) in [4.78, 5) is 17.2. The van der Waals surface area contributed by atoms with E-state index in [0.29, 0.717) is 18.3 Å². The Kier molecular flexibility index (Phi) is 5.55. The van der Waals surface area contributed by atoms with Crippen molar-refractivity contribution < 1.29 is 4.79 Å². The van der Waals surface area contributed by atoms with Crippen molar-refractivity contribution in [1.82, 2.24) is 9.80 Å². The molecule has 0 aromatic heterocycles. The highest BCUT2D eigenvalue weighted by Gasteiger charge is 2.41. The van der Waals surface area contributed by atoms with Gasteiger partial charge in [0.15, 0.2) is 0 Å². The number of benzene rings is 2. The minimum absolute atomic E-state index is 0.107. The van der Waals surface area contributed by atoms with Gasteiger partial charge in [0.05, 0.1) is 6.42 Å². The monoisotopic (exact) mass is 363 g/mol. The summed E-state index contributed by atoms with van der Waals surface area (Å²) in [5.41, 5.74) is 8.67. The van der Waals surface area contributed by atoms with Gasteiger partial charge in [0.2, 0.25) is 5.91 Å². The molecule has 0 saturated carbocycles. The molecule has 0 aliphatic carbocycles. The summed E-state index contributed by atoms with van der Waals surface area (Å²) in [6.45, 7) is 5.07. The Hall–Kier alpha value is -2.17. The van der Waals surface area contributed by atoms with E-state index in [9.17, 15) is 4.79 Å². The Morgan fingerprint density at radius 2 is 1.52 bits per heavy atom. The first kappa shape index (κ1) is 18.2. The number of hydrogen-bond donors (Lipinski definition) is 1. The Labute approximate surface area is 162 Å². The fourth-order valence-corrected chi connectivity index (χ4v) is 4.55. The van der Waals surface area contributed by atoms with Gasteiger partial charge in [-0.1, -0.05) is 60.7 Å². The second-order valence-corrected chi connectivity index (χ2v) is 8.05. The van der Waals surface area contributed by atoms with E-state index < -0.39 is 0 Å². The molecule has 2 aliphatic rings. The molecule has 142 valence electrons. The summed E-state index contributed by atoms with van der Waals surface area (Å²) in [5, 5.41) is 0. The number of likely N-dealkylation sites (tertiary alicyclic amines) is 2. The lowest BCUT2D eigenvalue weighted by Gasteiger charge is -2.23. The zero-order valence-corrected chi connectivity index (χ0v) is 15.8.